The third-order valence-electron chi connectivity index (χ3n) is 2.70. The molecule has 0 spiro atoms. The second-order valence-corrected chi connectivity index (χ2v) is 6.89. The van der Waals surface area contributed by atoms with Crippen LogP contribution in [0.1, 0.15) is 5.56 Å². The Morgan fingerprint density at radius 2 is 1.95 bits per heavy atom. The molecule has 1 aromatic heterocycles. The maximum absolute atomic E-state index is 12.5. The molecule has 0 saturated carbocycles. The van der Waals surface area contributed by atoms with Gasteiger partial charge in [0, 0.05) is 17.7 Å². The monoisotopic (exact) mass is 340 g/mol. The average Bonchev–Trinajstić information content (AvgIpc) is 2.38. The number of aromatic nitrogens is 1. The minimum Gasteiger partial charge on any atom is -0.253 e. The zero-order chi connectivity index (χ0) is 14.0. The van der Waals surface area contributed by atoms with E-state index in [0.29, 0.717) is 10.3 Å². The molecule has 0 aliphatic carbocycles. The topological polar surface area (TPSA) is 50.3 Å². The highest BCUT2D eigenvalue weighted by Gasteiger charge is 2.24. The second-order valence-electron chi connectivity index (χ2n) is 4.09. The van der Waals surface area contributed by atoms with Crippen molar-refractivity contribution >= 4 is 31.8 Å². The Hall–Kier alpha value is -1.40. The van der Waals surface area contributed by atoms with E-state index in [2.05, 4.69) is 20.9 Å². The van der Waals surface area contributed by atoms with Crippen LogP contribution in [0.15, 0.2) is 52.0 Å². The van der Waals surface area contributed by atoms with Gasteiger partial charge in [0.15, 0.2) is 0 Å². The summed E-state index contributed by atoms with van der Waals surface area (Å²) in [4.78, 5) is 4.28. The molecule has 0 saturated heterocycles. The van der Waals surface area contributed by atoms with Crippen LogP contribution in [0.3, 0.4) is 0 Å². The molecule has 2 aromatic rings. The van der Waals surface area contributed by atoms with Crippen molar-refractivity contribution in [3.8, 4) is 0 Å². The maximum Gasteiger partial charge on any atom is 0.266 e. The first-order chi connectivity index (χ1) is 8.93. The Morgan fingerprint density at radius 1 is 1.21 bits per heavy atom. The molecule has 100 valence electrons. The first-order valence-electron chi connectivity index (χ1n) is 5.59. The lowest BCUT2D eigenvalue weighted by atomic mass is 10.2. The molecule has 19 heavy (non-hydrogen) atoms. The van der Waals surface area contributed by atoms with E-state index in [1.807, 2.05) is 6.92 Å². The fourth-order valence-electron chi connectivity index (χ4n) is 1.63. The van der Waals surface area contributed by atoms with Gasteiger partial charge in [-0.3, -0.25) is 4.31 Å². The Balaban J connectivity index is 2.48. The summed E-state index contributed by atoms with van der Waals surface area (Å²) in [5, 5.41) is 0. The van der Waals surface area contributed by atoms with Gasteiger partial charge in [-0.15, -0.1) is 0 Å². The molecule has 0 radical (unpaired) electrons. The molecule has 6 heteroatoms. The molecule has 0 amide bonds. The summed E-state index contributed by atoms with van der Waals surface area (Å²) in [5.74, 6) is 0.384. The SMILES string of the molecule is Cc1ccc(S(=O)(=O)N(C)c2ccccn2)c(Br)c1. The Labute approximate surface area is 121 Å². The molecule has 0 unspecified atom stereocenters. The largest absolute Gasteiger partial charge is 0.266 e. The lowest BCUT2D eigenvalue weighted by Crippen LogP contribution is -2.27. The fraction of sp³-hybridized carbons (Fsp3) is 0.154. The van der Waals surface area contributed by atoms with Gasteiger partial charge in [0.2, 0.25) is 0 Å². The van der Waals surface area contributed by atoms with E-state index in [4.69, 9.17) is 0 Å². The fourth-order valence-corrected chi connectivity index (χ4v) is 3.93. The number of benzene rings is 1. The summed E-state index contributed by atoms with van der Waals surface area (Å²) in [6, 6.07) is 10.3. The molecule has 0 aliphatic heterocycles. The van der Waals surface area contributed by atoms with Crippen molar-refractivity contribution in [3.05, 3.63) is 52.6 Å². The van der Waals surface area contributed by atoms with Crippen LogP contribution in [0.25, 0.3) is 0 Å². The van der Waals surface area contributed by atoms with Gasteiger partial charge in [-0.2, -0.15) is 0 Å². The van der Waals surface area contributed by atoms with E-state index in [-0.39, 0.29) is 4.90 Å². The molecule has 0 atom stereocenters. The van der Waals surface area contributed by atoms with Crippen molar-refractivity contribution in [1.29, 1.82) is 0 Å². The van der Waals surface area contributed by atoms with Crippen LogP contribution in [0.4, 0.5) is 5.82 Å². The number of halogens is 1. The zero-order valence-electron chi connectivity index (χ0n) is 10.5. The highest BCUT2D eigenvalue weighted by atomic mass is 79.9. The number of anilines is 1. The normalized spacial score (nSPS) is 11.3. The van der Waals surface area contributed by atoms with Crippen LogP contribution >= 0.6 is 15.9 Å². The zero-order valence-corrected chi connectivity index (χ0v) is 12.9. The highest BCUT2D eigenvalue weighted by molar-refractivity contribution is 9.10. The van der Waals surface area contributed by atoms with Crippen molar-refractivity contribution < 1.29 is 8.42 Å². The van der Waals surface area contributed by atoms with Crippen LogP contribution < -0.4 is 4.31 Å². The Morgan fingerprint density at radius 3 is 2.53 bits per heavy atom. The molecule has 2 rings (SSSR count). The predicted molar refractivity (Wildman–Crippen MR) is 78.7 cm³/mol. The van der Waals surface area contributed by atoms with Gasteiger partial charge in [0.05, 0.1) is 0 Å². The minimum absolute atomic E-state index is 0.228. The lowest BCUT2D eigenvalue weighted by Gasteiger charge is -2.19. The molecule has 4 nitrogen and oxygen atoms in total. The highest BCUT2D eigenvalue weighted by Crippen LogP contribution is 2.27. The van der Waals surface area contributed by atoms with Crippen LogP contribution in [0.5, 0.6) is 0 Å². The summed E-state index contributed by atoms with van der Waals surface area (Å²) in [7, 11) is -2.13. The van der Waals surface area contributed by atoms with Gasteiger partial charge in [-0.1, -0.05) is 12.1 Å². The van der Waals surface area contributed by atoms with Gasteiger partial charge in [-0.05, 0) is 52.7 Å². The third kappa shape index (κ3) is 2.79. The van der Waals surface area contributed by atoms with Gasteiger partial charge < -0.3 is 0 Å². The van der Waals surface area contributed by atoms with E-state index in [0.717, 1.165) is 5.56 Å². The molecule has 0 fully saturated rings. The molecular formula is C13H13BrN2O2S. The lowest BCUT2D eigenvalue weighted by molar-refractivity contribution is 0.593. The van der Waals surface area contributed by atoms with Crippen LogP contribution in [0.2, 0.25) is 0 Å². The molecule has 1 heterocycles. The number of rotatable bonds is 3. The number of hydrogen-bond donors (Lipinski definition) is 0. The number of nitrogens with zero attached hydrogens (tertiary/aromatic N) is 2. The van der Waals surface area contributed by atoms with Gasteiger partial charge in [0.1, 0.15) is 10.7 Å². The molecule has 0 bridgehead atoms. The summed E-state index contributed by atoms with van der Waals surface area (Å²) < 4.78 is 26.8. The van der Waals surface area contributed by atoms with Gasteiger partial charge >= 0.3 is 0 Å². The Bertz CT molecular complexity index is 687. The van der Waals surface area contributed by atoms with Crippen LogP contribution in [0, 0.1) is 6.92 Å². The predicted octanol–water partition coefficient (Wildman–Crippen LogP) is 2.98. The summed E-state index contributed by atoms with van der Waals surface area (Å²) in [6.07, 6.45) is 1.56. The van der Waals surface area contributed by atoms with Crippen LogP contribution in [-0.2, 0) is 10.0 Å². The number of aryl methyl sites for hydroxylation is 1. The minimum atomic E-state index is -3.62. The van der Waals surface area contributed by atoms with Crippen molar-refractivity contribution in [2.24, 2.45) is 0 Å². The first kappa shape index (κ1) is 14.0. The smallest absolute Gasteiger partial charge is 0.253 e. The van der Waals surface area contributed by atoms with E-state index in [1.54, 1.807) is 42.6 Å². The van der Waals surface area contributed by atoms with Gasteiger partial charge in [0.25, 0.3) is 10.0 Å². The van der Waals surface area contributed by atoms with Crippen molar-refractivity contribution in [2.75, 3.05) is 11.4 Å². The quantitative estimate of drug-likeness (QED) is 0.862. The Kier molecular flexibility index (Phi) is 3.91. The van der Waals surface area contributed by atoms with Gasteiger partial charge in [-0.25, -0.2) is 13.4 Å². The summed E-state index contributed by atoms with van der Waals surface area (Å²) in [6.45, 7) is 1.91. The number of sulfonamides is 1. The van der Waals surface area contributed by atoms with E-state index < -0.39 is 10.0 Å². The third-order valence-corrected chi connectivity index (χ3v) is 5.44. The van der Waals surface area contributed by atoms with E-state index in [9.17, 15) is 8.42 Å². The molecule has 0 aliphatic rings. The number of hydrogen-bond acceptors (Lipinski definition) is 3. The summed E-state index contributed by atoms with van der Waals surface area (Å²) >= 11 is 3.30. The van der Waals surface area contributed by atoms with Crippen molar-refractivity contribution in [2.45, 2.75) is 11.8 Å². The molecule has 1 aromatic carbocycles. The standard InChI is InChI=1S/C13H13BrN2O2S/c1-10-6-7-12(11(14)9-10)19(17,18)16(2)13-5-3-4-8-15-13/h3-9H,1-2H3. The first-order valence-corrected chi connectivity index (χ1v) is 7.82. The van der Waals surface area contributed by atoms with Crippen LogP contribution in [-0.4, -0.2) is 20.4 Å². The second kappa shape index (κ2) is 5.30. The maximum atomic E-state index is 12.5. The molecular weight excluding hydrogens is 328 g/mol. The average molecular weight is 341 g/mol. The summed E-state index contributed by atoms with van der Waals surface area (Å²) in [5.41, 5.74) is 0.992. The van der Waals surface area contributed by atoms with Crippen molar-refractivity contribution in [3.63, 3.8) is 0 Å². The molecule has 0 N–H and O–H groups in total. The van der Waals surface area contributed by atoms with Crippen molar-refractivity contribution in [1.82, 2.24) is 4.98 Å². The number of pyridine rings is 1. The van der Waals surface area contributed by atoms with E-state index >= 15 is 0 Å². The van der Waals surface area contributed by atoms with E-state index in [1.165, 1.54) is 11.4 Å².